The van der Waals surface area contributed by atoms with E-state index in [1.165, 1.54) is 4.90 Å². The first-order valence-corrected chi connectivity index (χ1v) is 9.04. The van der Waals surface area contributed by atoms with Crippen molar-refractivity contribution >= 4 is 45.2 Å². The van der Waals surface area contributed by atoms with Gasteiger partial charge in [0.25, 0.3) is 5.91 Å². The molecule has 0 atom stereocenters. The number of carbonyl (C=O) groups excluding carboxylic acids is 1. The molecule has 3 rings (SSSR count). The average molecular weight is 433 g/mol. The first kappa shape index (κ1) is 18.4. The van der Waals surface area contributed by atoms with Crippen LogP contribution in [0.25, 0.3) is 6.08 Å². The monoisotopic (exact) mass is 432 g/mol. The molecule has 0 radical (unpaired) electrons. The molecule has 2 aromatic carbocycles. The van der Waals surface area contributed by atoms with Crippen molar-refractivity contribution in [2.24, 2.45) is 0 Å². The molecule has 1 saturated heterocycles. The van der Waals surface area contributed by atoms with Gasteiger partial charge in [0.15, 0.2) is 5.11 Å². The van der Waals surface area contributed by atoms with E-state index in [9.17, 15) is 4.79 Å². The Bertz CT molecular complexity index is 898. The molecule has 0 spiro atoms. The maximum atomic E-state index is 12.1. The van der Waals surface area contributed by atoms with Gasteiger partial charge < -0.3 is 14.8 Å². The minimum atomic E-state index is -0.156. The fourth-order valence-electron chi connectivity index (χ4n) is 2.51. The summed E-state index contributed by atoms with van der Waals surface area (Å²) in [6.07, 6.45) is 1.76. The highest BCUT2D eigenvalue weighted by molar-refractivity contribution is 9.10. The third-order valence-electron chi connectivity index (χ3n) is 3.92. The fourth-order valence-corrected chi connectivity index (χ4v) is 3.10. The van der Waals surface area contributed by atoms with Crippen molar-refractivity contribution in [3.05, 3.63) is 63.8 Å². The van der Waals surface area contributed by atoms with Gasteiger partial charge in [-0.1, -0.05) is 18.2 Å². The van der Waals surface area contributed by atoms with Crippen molar-refractivity contribution in [3.8, 4) is 11.5 Å². The Kier molecular flexibility index (Phi) is 5.58. The Morgan fingerprint density at radius 3 is 2.65 bits per heavy atom. The molecule has 0 saturated carbocycles. The largest absolute Gasteiger partial charge is 0.496 e. The van der Waals surface area contributed by atoms with Gasteiger partial charge in [0.05, 0.1) is 11.6 Å². The van der Waals surface area contributed by atoms with Gasteiger partial charge >= 0.3 is 0 Å². The van der Waals surface area contributed by atoms with E-state index in [2.05, 4.69) is 21.2 Å². The molecule has 5 nitrogen and oxygen atoms in total. The van der Waals surface area contributed by atoms with E-state index in [0.717, 1.165) is 27.1 Å². The van der Waals surface area contributed by atoms with Gasteiger partial charge in [0.1, 0.15) is 23.8 Å². The van der Waals surface area contributed by atoms with Gasteiger partial charge in [-0.3, -0.25) is 9.69 Å². The maximum absolute atomic E-state index is 12.1. The van der Waals surface area contributed by atoms with Gasteiger partial charge in [-0.2, -0.15) is 0 Å². The molecule has 1 aliphatic rings. The SMILES string of the molecule is COc1ccc(/C=C2/NC(=S)N(C)C2=O)cc1COc1ccccc1Br. The quantitative estimate of drug-likeness (QED) is 0.576. The molecule has 0 bridgehead atoms. The number of rotatable bonds is 5. The Hall–Kier alpha value is -2.38. The van der Waals surface area contributed by atoms with Crippen LogP contribution in [-0.4, -0.2) is 30.1 Å². The molecule has 1 N–H and O–H groups in total. The van der Waals surface area contributed by atoms with Crippen molar-refractivity contribution in [2.75, 3.05) is 14.2 Å². The van der Waals surface area contributed by atoms with Crippen LogP contribution in [0.2, 0.25) is 0 Å². The Labute approximate surface area is 165 Å². The minimum Gasteiger partial charge on any atom is -0.496 e. The lowest BCUT2D eigenvalue weighted by atomic mass is 10.1. The Morgan fingerprint density at radius 2 is 2.00 bits per heavy atom. The number of amides is 1. The maximum Gasteiger partial charge on any atom is 0.276 e. The summed E-state index contributed by atoms with van der Waals surface area (Å²) in [5, 5.41) is 3.31. The van der Waals surface area contributed by atoms with E-state index in [1.807, 2.05) is 42.5 Å². The lowest BCUT2D eigenvalue weighted by Gasteiger charge is -2.12. The highest BCUT2D eigenvalue weighted by Gasteiger charge is 2.26. The summed E-state index contributed by atoms with van der Waals surface area (Å²) in [6, 6.07) is 13.3. The van der Waals surface area contributed by atoms with Gasteiger partial charge in [-0.25, -0.2) is 0 Å². The molecule has 1 aliphatic heterocycles. The second kappa shape index (κ2) is 7.88. The number of thiocarbonyl (C=S) groups is 1. The number of nitrogens with one attached hydrogen (secondary N) is 1. The van der Waals surface area contributed by atoms with Crippen LogP contribution in [0.5, 0.6) is 11.5 Å². The normalized spacial score (nSPS) is 15.3. The fraction of sp³-hybridized carbons (Fsp3) is 0.158. The zero-order chi connectivity index (χ0) is 18.7. The third-order valence-corrected chi connectivity index (χ3v) is 4.95. The summed E-state index contributed by atoms with van der Waals surface area (Å²) in [5.74, 6) is 1.31. The van der Waals surface area contributed by atoms with Crippen LogP contribution >= 0.6 is 28.1 Å². The molecule has 1 amide bonds. The van der Waals surface area contributed by atoms with E-state index in [4.69, 9.17) is 21.7 Å². The second-order valence-corrected chi connectivity index (χ2v) is 6.88. The van der Waals surface area contributed by atoms with Crippen LogP contribution in [0.15, 0.2) is 52.6 Å². The van der Waals surface area contributed by atoms with Crippen molar-refractivity contribution in [1.29, 1.82) is 0 Å². The van der Waals surface area contributed by atoms with Crippen LogP contribution in [0.1, 0.15) is 11.1 Å². The number of carbonyl (C=O) groups is 1. The first-order chi connectivity index (χ1) is 12.5. The highest BCUT2D eigenvalue weighted by Crippen LogP contribution is 2.27. The van der Waals surface area contributed by atoms with Gasteiger partial charge in [0.2, 0.25) is 0 Å². The molecule has 2 aromatic rings. The standard InChI is InChI=1S/C19H17BrN2O3S/c1-22-18(23)15(21-19(22)26)10-12-7-8-16(24-2)13(9-12)11-25-17-6-4-3-5-14(17)20/h3-10H,11H2,1-2H3,(H,21,26)/b15-10+. The number of methoxy groups -OCH3 is 1. The van der Waals surface area contributed by atoms with E-state index >= 15 is 0 Å². The number of likely N-dealkylation sites (N-methyl/N-ethyl adjacent to an activating group) is 1. The third kappa shape index (κ3) is 3.89. The van der Waals surface area contributed by atoms with E-state index < -0.39 is 0 Å². The zero-order valence-corrected chi connectivity index (χ0v) is 16.7. The molecule has 1 fully saturated rings. The zero-order valence-electron chi connectivity index (χ0n) is 14.3. The minimum absolute atomic E-state index is 0.156. The molecular formula is C19H17BrN2O3S. The predicted molar refractivity (Wildman–Crippen MR) is 108 cm³/mol. The number of para-hydroxylation sites is 1. The molecule has 0 unspecified atom stereocenters. The van der Waals surface area contributed by atoms with Crippen LogP contribution in [-0.2, 0) is 11.4 Å². The number of hydrogen-bond donors (Lipinski definition) is 1. The number of nitrogens with zero attached hydrogens (tertiary/aromatic N) is 1. The topological polar surface area (TPSA) is 50.8 Å². The molecule has 0 aliphatic carbocycles. The summed E-state index contributed by atoms with van der Waals surface area (Å²) in [4.78, 5) is 13.5. The summed E-state index contributed by atoms with van der Waals surface area (Å²) in [6.45, 7) is 0.336. The van der Waals surface area contributed by atoms with Crippen LogP contribution in [0.4, 0.5) is 0 Å². The predicted octanol–water partition coefficient (Wildman–Crippen LogP) is 3.72. The second-order valence-electron chi connectivity index (χ2n) is 5.64. The smallest absolute Gasteiger partial charge is 0.276 e. The van der Waals surface area contributed by atoms with E-state index in [1.54, 1.807) is 20.2 Å². The van der Waals surface area contributed by atoms with Gasteiger partial charge in [-0.15, -0.1) is 0 Å². The van der Waals surface area contributed by atoms with Gasteiger partial charge in [-0.05, 0) is 64.1 Å². The lowest BCUT2D eigenvalue weighted by molar-refractivity contribution is -0.121. The van der Waals surface area contributed by atoms with Crippen molar-refractivity contribution in [1.82, 2.24) is 10.2 Å². The van der Waals surface area contributed by atoms with Crippen molar-refractivity contribution < 1.29 is 14.3 Å². The molecular weight excluding hydrogens is 416 g/mol. The lowest BCUT2D eigenvalue weighted by Crippen LogP contribution is -2.25. The number of hydrogen-bond acceptors (Lipinski definition) is 4. The number of ether oxygens (including phenoxy) is 2. The summed E-state index contributed by atoms with van der Waals surface area (Å²) in [7, 11) is 3.26. The van der Waals surface area contributed by atoms with E-state index in [-0.39, 0.29) is 5.91 Å². The molecule has 26 heavy (non-hydrogen) atoms. The molecule has 134 valence electrons. The van der Waals surface area contributed by atoms with Crippen molar-refractivity contribution in [2.45, 2.75) is 6.61 Å². The Morgan fingerprint density at radius 1 is 1.23 bits per heavy atom. The highest BCUT2D eigenvalue weighted by atomic mass is 79.9. The summed E-state index contributed by atoms with van der Waals surface area (Å²) < 4.78 is 12.2. The van der Waals surface area contributed by atoms with Crippen LogP contribution < -0.4 is 14.8 Å². The molecule has 0 aromatic heterocycles. The first-order valence-electron chi connectivity index (χ1n) is 7.84. The van der Waals surface area contributed by atoms with Gasteiger partial charge in [0, 0.05) is 12.6 Å². The molecule has 1 heterocycles. The Balaban J connectivity index is 1.84. The average Bonchev–Trinajstić information content (AvgIpc) is 2.88. The summed E-state index contributed by atoms with van der Waals surface area (Å²) >= 11 is 8.56. The van der Waals surface area contributed by atoms with Crippen LogP contribution in [0.3, 0.4) is 0 Å². The summed E-state index contributed by atoms with van der Waals surface area (Å²) in [5.41, 5.74) is 2.17. The van der Waals surface area contributed by atoms with Crippen LogP contribution in [0, 0.1) is 0 Å². The molecule has 7 heteroatoms. The van der Waals surface area contributed by atoms with Crippen molar-refractivity contribution in [3.63, 3.8) is 0 Å². The number of halogens is 1. The van der Waals surface area contributed by atoms with E-state index in [0.29, 0.717) is 17.4 Å². The number of benzene rings is 2.